The van der Waals surface area contributed by atoms with Gasteiger partial charge in [0.1, 0.15) is 11.6 Å². The van der Waals surface area contributed by atoms with Crippen LogP contribution in [0.2, 0.25) is 0 Å². The van der Waals surface area contributed by atoms with Gasteiger partial charge in [-0.1, -0.05) is 0 Å². The monoisotopic (exact) mass is 361 g/mol. The first-order chi connectivity index (χ1) is 12.3. The minimum atomic E-state index is -0.712. The summed E-state index contributed by atoms with van der Waals surface area (Å²) in [5, 5.41) is 8.03. The number of carbonyl (C=O) groups is 2. The van der Waals surface area contributed by atoms with Crippen LogP contribution in [-0.4, -0.2) is 24.4 Å². The van der Waals surface area contributed by atoms with Gasteiger partial charge in [0.15, 0.2) is 0 Å². The molecule has 0 aliphatic rings. The first kappa shape index (κ1) is 19.4. The molecule has 0 aliphatic heterocycles. The quantitative estimate of drug-likeness (QED) is 0.738. The Morgan fingerprint density at radius 3 is 2.42 bits per heavy atom. The van der Waals surface area contributed by atoms with Gasteiger partial charge in [0.05, 0.1) is 12.2 Å². The lowest BCUT2D eigenvalue weighted by atomic mass is 10.1. The molecule has 0 radical (unpaired) electrons. The molecular formula is C19H21F2N3O2. The third-order valence-electron chi connectivity index (χ3n) is 3.55. The van der Waals surface area contributed by atoms with Crippen molar-refractivity contribution in [2.75, 3.05) is 17.2 Å². The summed E-state index contributed by atoms with van der Waals surface area (Å²) in [6.07, 6.45) is 0. The van der Waals surface area contributed by atoms with Gasteiger partial charge < -0.3 is 16.0 Å². The van der Waals surface area contributed by atoms with Crippen LogP contribution in [0.5, 0.6) is 0 Å². The molecule has 0 unspecified atom stereocenters. The largest absolute Gasteiger partial charge is 0.376 e. The average molecular weight is 361 g/mol. The number of carbonyl (C=O) groups excluding carboxylic acids is 2. The van der Waals surface area contributed by atoms with Crippen LogP contribution in [0.25, 0.3) is 0 Å². The number of amides is 2. The highest BCUT2D eigenvalue weighted by Gasteiger charge is 2.11. The molecule has 0 bridgehead atoms. The normalized spacial score (nSPS) is 10.5. The van der Waals surface area contributed by atoms with Gasteiger partial charge in [0, 0.05) is 23.4 Å². The zero-order valence-corrected chi connectivity index (χ0v) is 14.8. The summed E-state index contributed by atoms with van der Waals surface area (Å²) in [5.74, 6) is -2.04. The third-order valence-corrected chi connectivity index (χ3v) is 3.55. The number of rotatable bonds is 6. The Morgan fingerprint density at radius 1 is 1.04 bits per heavy atom. The Kier molecular flexibility index (Phi) is 6.27. The van der Waals surface area contributed by atoms with E-state index in [0.717, 1.165) is 23.8 Å². The van der Waals surface area contributed by atoms with Crippen LogP contribution in [0, 0.1) is 18.6 Å². The topological polar surface area (TPSA) is 70.2 Å². The lowest BCUT2D eigenvalue weighted by molar-refractivity contribution is -0.114. The molecule has 0 saturated heterocycles. The van der Waals surface area contributed by atoms with E-state index >= 15 is 0 Å². The zero-order chi connectivity index (χ0) is 19.3. The molecule has 0 spiro atoms. The second kappa shape index (κ2) is 8.42. The predicted octanol–water partition coefficient (Wildman–Crippen LogP) is 3.46. The fraction of sp³-hybridized carbons (Fsp3) is 0.263. The van der Waals surface area contributed by atoms with Gasteiger partial charge in [-0.25, -0.2) is 8.78 Å². The van der Waals surface area contributed by atoms with Gasteiger partial charge >= 0.3 is 0 Å². The van der Waals surface area contributed by atoms with Gasteiger partial charge in [-0.05, 0) is 56.7 Å². The molecule has 2 rings (SSSR count). The average Bonchev–Trinajstić information content (AvgIpc) is 2.56. The molecule has 138 valence electrons. The standard InChI is InChI=1S/C19H21F2N3O2/c1-11(2)23-19(26)13-4-7-16(12(3)8-13)22-10-18(25)24-17-9-14(20)5-6-15(17)21/h4-9,11,22H,10H2,1-3H3,(H,23,26)(H,24,25). The SMILES string of the molecule is Cc1cc(C(=O)NC(C)C)ccc1NCC(=O)Nc1cc(F)ccc1F. The second-order valence-corrected chi connectivity index (χ2v) is 6.18. The minimum Gasteiger partial charge on any atom is -0.376 e. The van der Waals surface area contributed by atoms with Crippen LogP contribution in [0.1, 0.15) is 29.8 Å². The van der Waals surface area contributed by atoms with Crippen molar-refractivity contribution in [2.24, 2.45) is 0 Å². The van der Waals surface area contributed by atoms with Crippen molar-refractivity contribution >= 4 is 23.2 Å². The van der Waals surface area contributed by atoms with Gasteiger partial charge in [-0.15, -0.1) is 0 Å². The second-order valence-electron chi connectivity index (χ2n) is 6.18. The Morgan fingerprint density at radius 2 is 1.77 bits per heavy atom. The Bertz CT molecular complexity index is 822. The van der Waals surface area contributed by atoms with Crippen LogP contribution in [0.15, 0.2) is 36.4 Å². The minimum absolute atomic E-state index is 0.0347. The van der Waals surface area contributed by atoms with E-state index in [4.69, 9.17) is 0 Å². The smallest absolute Gasteiger partial charge is 0.251 e. The van der Waals surface area contributed by atoms with E-state index in [1.54, 1.807) is 25.1 Å². The van der Waals surface area contributed by atoms with Crippen molar-refractivity contribution in [3.8, 4) is 0 Å². The van der Waals surface area contributed by atoms with Crippen LogP contribution in [0.3, 0.4) is 0 Å². The molecule has 3 N–H and O–H groups in total. The molecule has 0 saturated carbocycles. The van der Waals surface area contributed by atoms with Gasteiger partial charge in [-0.3, -0.25) is 9.59 Å². The van der Waals surface area contributed by atoms with Crippen LogP contribution in [0.4, 0.5) is 20.2 Å². The molecule has 2 aromatic carbocycles. The van der Waals surface area contributed by atoms with Crippen LogP contribution < -0.4 is 16.0 Å². The van der Waals surface area contributed by atoms with Crippen LogP contribution in [-0.2, 0) is 4.79 Å². The van der Waals surface area contributed by atoms with Crippen molar-refractivity contribution in [2.45, 2.75) is 26.8 Å². The van der Waals surface area contributed by atoms with Gasteiger partial charge in [0.25, 0.3) is 5.91 Å². The van der Waals surface area contributed by atoms with Crippen molar-refractivity contribution < 1.29 is 18.4 Å². The Hall–Kier alpha value is -2.96. The van der Waals surface area contributed by atoms with E-state index in [9.17, 15) is 18.4 Å². The van der Waals surface area contributed by atoms with Crippen molar-refractivity contribution in [3.05, 3.63) is 59.2 Å². The zero-order valence-electron chi connectivity index (χ0n) is 14.8. The maximum absolute atomic E-state index is 13.5. The van der Waals surface area contributed by atoms with E-state index in [0.29, 0.717) is 11.3 Å². The summed E-state index contributed by atoms with van der Waals surface area (Å²) in [4.78, 5) is 23.9. The third kappa shape index (κ3) is 5.27. The first-order valence-electron chi connectivity index (χ1n) is 8.16. The number of nitrogens with one attached hydrogen (secondary N) is 3. The number of aryl methyl sites for hydroxylation is 1. The van der Waals surface area contributed by atoms with Crippen molar-refractivity contribution in [1.82, 2.24) is 5.32 Å². The van der Waals surface area contributed by atoms with Gasteiger partial charge in [-0.2, -0.15) is 0 Å². The highest BCUT2D eigenvalue weighted by atomic mass is 19.1. The van der Waals surface area contributed by atoms with E-state index in [1.807, 2.05) is 13.8 Å². The fourth-order valence-corrected chi connectivity index (χ4v) is 2.31. The summed E-state index contributed by atoms with van der Waals surface area (Å²) in [7, 11) is 0. The lowest BCUT2D eigenvalue weighted by Crippen LogP contribution is -2.30. The molecule has 0 heterocycles. The summed E-state index contributed by atoms with van der Waals surface area (Å²) < 4.78 is 26.6. The van der Waals surface area contributed by atoms with Crippen molar-refractivity contribution in [3.63, 3.8) is 0 Å². The number of halogens is 2. The molecule has 0 fully saturated rings. The Balaban J connectivity index is 1.97. The first-order valence-corrected chi connectivity index (χ1v) is 8.16. The summed E-state index contributed by atoms with van der Waals surface area (Å²) in [6.45, 7) is 5.43. The lowest BCUT2D eigenvalue weighted by Gasteiger charge is -2.13. The van der Waals surface area contributed by atoms with Crippen molar-refractivity contribution in [1.29, 1.82) is 0 Å². The maximum Gasteiger partial charge on any atom is 0.251 e. The molecule has 2 amide bonds. The van der Waals surface area contributed by atoms with E-state index < -0.39 is 17.5 Å². The number of hydrogen-bond acceptors (Lipinski definition) is 3. The molecule has 26 heavy (non-hydrogen) atoms. The molecular weight excluding hydrogens is 340 g/mol. The molecule has 2 aromatic rings. The van der Waals surface area contributed by atoms with Crippen LogP contribution >= 0.6 is 0 Å². The van der Waals surface area contributed by atoms with E-state index in [2.05, 4.69) is 16.0 Å². The molecule has 0 aliphatic carbocycles. The number of benzene rings is 2. The fourth-order valence-electron chi connectivity index (χ4n) is 2.31. The highest BCUT2D eigenvalue weighted by molar-refractivity contribution is 5.96. The summed E-state index contributed by atoms with van der Waals surface area (Å²) in [5.41, 5.74) is 1.76. The van der Waals surface area contributed by atoms with E-state index in [-0.39, 0.29) is 24.2 Å². The number of anilines is 2. The van der Waals surface area contributed by atoms with Gasteiger partial charge in [0.2, 0.25) is 5.91 Å². The Labute approximate surface area is 150 Å². The summed E-state index contributed by atoms with van der Waals surface area (Å²) in [6, 6.07) is 7.93. The summed E-state index contributed by atoms with van der Waals surface area (Å²) >= 11 is 0. The van der Waals surface area contributed by atoms with E-state index in [1.165, 1.54) is 0 Å². The molecule has 7 heteroatoms. The molecule has 0 atom stereocenters. The number of hydrogen-bond donors (Lipinski definition) is 3. The molecule has 0 aromatic heterocycles. The predicted molar refractivity (Wildman–Crippen MR) is 97.3 cm³/mol. The maximum atomic E-state index is 13.5. The highest BCUT2D eigenvalue weighted by Crippen LogP contribution is 2.18. The molecule has 5 nitrogen and oxygen atoms in total.